The molecule has 2 heterocycles. The summed E-state index contributed by atoms with van der Waals surface area (Å²) in [7, 11) is 1.43. The van der Waals surface area contributed by atoms with Gasteiger partial charge in [-0.15, -0.1) is 0 Å². The van der Waals surface area contributed by atoms with Crippen molar-refractivity contribution < 1.29 is 50.5 Å². The maximum Gasteiger partial charge on any atom is 0.456 e. The minimum atomic E-state index is -5.75. The highest BCUT2D eigenvalue weighted by atomic mass is 19.4. The number of hydrogen-bond donors (Lipinski definition) is 1. The molecule has 0 radical (unpaired) electrons. The number of esters is 1. The molecule has 2 aromatic rings. The van der Waals surface area contributed by atoms with Crippen LogP contribution in [0.15, 0.2) is 12.1 Å². The lowest BCUT2D eigenvalue weighted by Crippen LogP contribution is -2.55. The molecule has 30 heavy (non-hydrogen) atoms. The number of halogens is 6. The number of hydrogen-bond acceptors (Lipinski definition) is 5. The van der Waals surface area contributed by atoms with Crippen molar-refractivity contribution in [3.05, 3.63) is 29.0 Å². The van der Waals surface area contributed by atoms with E-state index in [1.807, 2.05) is 0 Å². The summed E-state index contributed by atoms with van der Waals surface area (Å²) in [5, 5.41) is 9.74. The summed E-state index contributed by atoms with van der Waals surface area (Å²) in [6.45, 7) is 2.76. The minimum Gasteiger partial charge on any atom is -0.462 e. The fraction of sp³-hybridized carbons (Fsp3) is 0.444. The number of carbonyl (C=O) groups excluding carboxylic acids is 2. The summed E-state index contributed by atoms with van der Waals surface area (Å²) in [4.78, 5) is 24.5. The Hall–Kier alpha value is -2.76. The average molecular weight is 439 g/mol. The van der Waals surface area contributed by atoms with Crippen LogP contribution in [0.4, 0.5) is 26.3 Å². The van der Waals surface area contributed by atoms with Crippen molar-refractivity contribution in [2.24, 2.45) is 7.05 Å². The standard InChI is InChI=1S/C18H15F6NO5/c1-4-29-15(27)10-7(2)25(3)8-5-6-9-12(11(8)10)13(14(26)17(19,20)21)16(28,30-9)18(22,23)24/h5-6,13,28H,4H2,1-3H3. The van der Waals surface area contributed by atoms with Gasteiger partial charge in [-0.2, -0.15) is 26.3 Å². The number of aromatic nitrogens is 1. The maximum absolute atomic E-state index is 13.6. The Kier molecular flexibility index (Phi) is 4.84. The van der Waals surface area contributed by atoms with Gasteiger partial charge in [-0.05, 0) is 26.0 Å². The zero-order valence-corrected chi connectivity index (χ0v) is 15.7. The number of carbonyl (C=O) groups is 2. The van der Waals surface area contributed by atoms with Crippen LogP contribution in [0.2, 0.25) is 0 Å². The SMILES string of the molecule is CCOC(=O)c1c(C)n(C)c2ccc3c(c12)C(C(=O)C(F)(F)F)C(O)(C(F)(F)F)O3. The zero-order valence-electron chi connectivity index (χ0n) is 15.7. The van der Waals surface area contributed by atoms with Crippen LogP contribution in [0, 0.1) is 6.92 Å². The third kappa shape index (κ3) is 2.92. The number of ether oxygens (including phenoxy) is 2. The molecule has 0 saturated heterocycles. The second kappa shape index (κ2) is 6.62. The summed E-state index contributed by atoms with van der Waals surface area (Å²) >= 11 is 0. The molecule has 1 aromatic carbocycles. The number of benzene rings is 1. The first-order chi connectivity index (χ1) is 13.7. The number of rotatable bonds is 3. The van der Waals surface area contributed by atoms with E-state index in [0.29, 0.717) is 0 Å². The molecule has 0 bridgehead atoms. The average Bonchev–Trinajstić information content (AvgIpc) is 3.05. The predicted molar refractivity (Wildman–Crippen MR) is 89.0 cm³/mol. The Labute approximate surface area is 165 Å². The second-order valence-corrected chi connectivity index (χ2v) is 6.70. The zero-order chi connectivity index (χ0) is 22.8. The lowest BCUT2D eigenvalue weighted by atomic mass is 9.85. The van der Waals surface area contributed by atoms with Crippen LogP contribution in [-0.2, 0) is 16.6 Å². The highest BCUT2D eigenvalue weighted by Gasteiger charge is 2.71. The number of fused-ring (bicyclic) bond motifs is 3. The second-order valence-electron chi connectivity index (χ2n) is 6.70. The van der Waals surface area contributed by atoms with Crippen molar-refractivity contribution in [2.75, 3.05) is 6.61 Å². The molecular formula is C18H15F6NO5. The van der Waals surface area contributed by atoms with Crippen LogP contribution in [0.25, 0.3) is 10.9 Å². The van der Waals surface area contributed by atoms with Crippen LogP contribution in [0.5, 0.6) is 5.75 Å². The molecule has 1 aromatic heterocycles. The number of ketones is 1. The first-order valence-electron chi connectivity index (χ1n) is 8.55. The van der Waals surface area contributed by atoms with Gasteiger partial charge in [0.05, 0.1) is 12.2 Å². The van der Waals surface area contributed by atoms with E-state index in [1.54, 1.807) is 0 Å². The van der Waals surface area contributed by atoms with Crippen molar-refractivity contribution in [3.8, 4) is 5.75 Å². The van der Waals surface area contributed by atoms with Gasteiger partial charge in [0.1, 0.15) is 11.7 Å². The van der Waals surface area contributed by atoms with Gasteiger partial charge >= 0.3 is 24.1 Å². The number of aliphatic hydroxyl groups is 1. The van der Waals surface area contributed by atoms with Gasteiger partial charge in [-0.25, -0.2) is 4.79 Å². The Morgan fingerprint density at radius 1 is 1.23 bits per heavy atom. The molecule has 1 N–H and O–H groups in total. The molecule has 0 saturated carbocycles. The van der Waals surface area contributed by atoms with Gasteiger partial charge in [0.15, 0.2) is 0 Å². The monoisotopic (exact) mass is 439 g/mol. The molecule has 3 rings (SSSR count). The molecule has 1 aliphatic rings. The van der Waals surface area contributed by atoms with E-state index in [2.05, 4.69) is 4.74 Å². The molecule has 0 fully saturated rings. The van der Waals surface area contributed by atoms with Gasteiger partial charge in [-0.3, -0.25) is 4.79 Å². The molecule has 6 nitrogen and oxygen atoms in total. The Morgan fingerprint density at radius 2 is 1.83 bits per heavy atom. The predicted octanol–water partition coefficient (Wildman–Crippen LogP) is 3.52. The first kappa shape index (κ1) is 21.9. The third-order valence-electron chi connectivity index (χ3n) is 5.03. The fourth-order valence-corrected chi connectivity index (χ4v) is 3.61. The van der Waals surface area contributed by atoms with E-state index >= 15 is 0 Å². The molecule has 12 heteroatoms. The molecule has 2 atom stereocenters. The number of nitrogens with zero attached hydrogens (tertiary/aromatic N) is 1. The molecular weight excluding hydrogens is 424 g/mol. The van der Waals surface area contributed by atoms with E-state index in [0.717, 1.165) is 6.07 Å². The lowest BCUT2D eigenvalue weighted by Gasteiger charge is -2.30. The van der Waals surface area contributed by atoms with E-state index in [4.69, 9.17) is 4.74 Å². The molecule has 164 valence electrons. The van der Waals surface area contributed by atoms with Crippen molar-refractivity contribution in [2.45, 2.75) is 37.9 Å². The molecule has 0 aliphatic carbocycles. The van der Waals surface area contributed by atoms with Crippen LogP contribution in [0.1, 0.15) is 34.5 Å². The van der Waals surface area contributed by atoms with Crippen molar-refractivity contribution in [1.82, 2.24) is 4.57 Å². The number of Topliss-reactive ketones (excluding diaryl/α,β-unsaturated/α-hetero) is 1. The summed E-state index contributed by atoms with van der Waals surface area (Å²) in [5.74, 6) is -12.3. The first-order valence-corrected chi connectivity index (χ1v) is 8.55. The highest BCUT2D eigenvalue weighted by Crippen LogP contribution is 2.55. The van der Waals surface area contributed by atoms with Crippen LogP contribution >= 0.6 is 0 Å². The summed E-state index contributed by atoms with van der Waals surface area (Å²) in [6, 6.07) is 2.12. The summed E-state index contributed by atoms with van der Waals surface area (Å²) in [5.41, 5.74) is -0.954. The highest BCUT2D eigenvalue weighted by molar-refractivity contribution is 6.10. The van der Waals surface area contributed by atoms with Crippen molar-refractivity contribution >= 4 is 22.7 Å². The van der Waals surface area contributed by atoms with Crippen LogP contribution < -0.4 is 4.74 Å². The van der Waals surface area contributed by atoms with E-state index in [1.165, 1.54) is 31.5 Å². The number of aryl methyl sites for hydroxylation is 1. The van der Waals surface area contributed by atoms with Crippen LogP contribution in [-0.4, -0.2) is 46.2 Å². The summed E-state index contributed by atoms with van der Waals surface area (Å²) < 4.78 is 91.1. The lowest BCUT2D eigenvalue weighted by molar-refractivity contribution is -0.335. The molecule has 0 amide bonds. The fourth-order valence-electron chi connectivity index (χ4n) is 3.61. The summed E-state index contributed by atoms with van der Waals surface area (Å²) in [6.07, 6.45) is -11.5. The van der Waals surface area contributed by atoms with E-state index in [9.17, 15) is 41.0 Å². The smallest absolute Gasteiger partial charge is 0.456 e. The van der Waals surface area contributed by atoms with Crippen LogP contribution in [0.3, 0.4) is 0 Å². The van der Waals surface area contributed by atoms with Gasteiger partial charge in [-0.1, -0.05) is 0 Å². The van der Waals surface area contributed by atoms with Gasteiger partial charge in [0, 0.05) is 29.2 Å². The normalized spacial score (nSPS) is 21.5. The van der Waals surface area contributed by atoms with Gasteiger partial charge < -0.3 is 19.1 Å². The quantitative estimate of drug-likeness (QED) is 0.585. The van der Waals surface area contributed by atoms with Crippen molar-refractivity contribution in [3.63, 3.8) is 0 Å². The Balaban J connectivity index is 2.45. The van der Waals surface area contributed by atoms with Gasteiger partial charge in [0.2, 0.25) is 0 Å². The largest absolute Gasteiger partial charge is 0.462 e. The van der Waals surface area contributed by atoms with Gasteiger partial charge in [0.25, 0.3) is 5.78 Å². The maximum atomic E-state index is 13.6. The minimum absolute atomic E-state index is 0.0595. The Bertz CT molecular complexity index is 1050. The van der Waals surface area contributed by atoms with E-state index in [-0.39, 0.29) is 28.8 Å². The third-order valence-corrected chi connectivity index (χ3v) is 5.03. The number of alkyl halides is 6. The van der Waals surface area contributed by atoms with E-state index < -0.39 is 47.1 Å². The molecule has 0 spiro atoms. The molecule has 2 unspecified atom stereocenters. The van der Waals surface area contributed by atoms with Crippen molar-refractivity contribution in [1.29, 1.82) is 0 Å². The Morgan fingerprint density at radius 3 is 2.33 bits per heavy atom. The molecule has 1 aliphatic heterocycles. The topological polar surface area (TPSA) is 77.8 Å².